The van der Waals surface area contributed by atoms with Crippen LogP contribution >= 0.6 is 34.8 Å². The van der Waals surface area contributed by atoms with Crippen molar-refractivity contribution in [3.05, 3.63) is 98.5 Å². The predicted molar refractivity (Wildman–Crippen MR) is 105 cm³/mol. The molecule has 0 atom stereocenters. The van der Waals surface area contributed by atoms with Crippen LogP contribution in [-0.4, -0.2) is 5.91 Å². The number of anilines is 1. The molecule has 2 nitrogen and oxygen atoms in total. The third-order valence-corrected chi connectivity index (χ3v) is 5.08. The summed E-state index contributed by atoms with van der Waals surface area (Å²) in [4.78, 5) is 12.7. The Labute approximate surface area is 161 Å². The molecule has 3 aromatic rings. The van der Waals surface area contributed by atoms with Crippen LogP contribution in [0.5, 0.6) is 0 Å². The average Bonchev–Trinajstić information content (AvgIpc) is 2.63. The second-order valence-corrected chi connectivity index (χ2v) is 6.66. The van der Waals surface area contributed by atoms with Gasteiger partial charge in [-0.05, 0) is 35.7 Å². The summed E-state index contributed by atoms with van der Waals surface area (Å²) in [5, 5.41) is 3.59. The van der Waals surface area contributed by atoms with E-state index in [9.17, 15) is 4.79 Å². The molecule has 0 saturated heterocycles. The van der Waals surface area contributed by atoms with Crippen molar-refractivity contribution in [1.82, 2.24) is 0 Å². The Kier molecular flexibility index (Phi) is 5.64. The van der Waals surface area contributed by atoms with Crippen molar-refractivity contribution in [3.8, 4) is 0 Å². The van der Waals surface area contributed by atoms with Gasteiger partial charge >= 0.3 is 0 Å². The molecular formula is C20H14Cl3NO. The monoisotopic (exact) mass is 389 g/mol. The quantitative estimate of drug-likeness (QED) is 0.507. The van der Waals surface area contributed by atoms with Gasteiger partial charge in [0.2, 0.25) is 0 Å². The van der Waals surface area contributed by atoms with Gasteiger partial charge in [-0.2, -0.15) is 0 Å². The molecule has 0 bridgehead atoms. The van der Waals surface area contributed by atoms with Crippen LogP contribution in [0.15, 0.2) is 66.7 Å². The molecule has 1 N–H and O–H groups in total. The molecule has 1 amide bonds. The first kappa shape index (κ1) is 17.8. The molecule has 3 aromatic carbocycles. The van der Waals surface area contributed by atoms with Crippen LogP contribution < -0.4 is 5.32 Å². The minimum absolute atomic E-state index is 0.221. The molecule has 0 spiro atoms. The standard InChI is InChI=1S/C20H14Cl3NO/c21-16-10-11-17(19(23)18(16)22)24-20(25)15-9-5-4-8-14(15)12-13-6-2-1-3-7-13/h1-11H,12H2,(H,24,25). The van der Waals surface area contributed by atoms with E-state index in [2.05, 4.69) is 5.32 Å². The minimum Gasteiger partial charge on any atom is -0.321 e. The van der Waals surface area contributed by atoms with Gasteiger partial charge < -0.3 is 5.32 Å². The molecule has 0 saturated carbocycles. The Morgan fingerprint density at radius 3 is 2.24 bits per heavy atom. The molecule has 126 valence electrons. The van der Waals surface area contributed by atoms with E-state index in [0.717, 1.165) is 11.1 Å². The van der Waals surface area contributed by atoms with Crippen LogP contribution in [0.25, 0.3) is 0 Å². The fraction of sp³-hybridized carbons (Fsp3) is 0.0500. The van der Waals surface area contributed by atoms with Gasteiger partial charge in [0.25, 0.3) is 5.91 Å². The van der Waals surface area contributed by atoms with E-state index in [1.807, 2.05) is 48.5 Å². The number of nitrogens with one attached hydrogen (secondary N) is 1. The van der Waals surface area contributed by atoms with Crippen LogP contribution in [0.3, 0.4) is 0 Å². The number of carbonyl (C=O) groups excluding carboxylic acids is 1. The zero-order chi connectivity index (χ0) is 17.8. The van der Waals surface area contributed by atoms with Gasteiger partial charge in [0.05, 0.1) is 20.8 Å². The molecule has 0 aliphatic rings. The lowest BCUT2D eigenvalue weighted by Gasteiger charge is -2.12. The van der Waals surface area contributed by atoms with Gasteiger partial charge in [-0.1, -0.05) is 83.3 Å². The van der Waals surface area contributed by atoms with Crippen molar-refractivity contribution < 1.29 is 4.79 Å². The van der Waals surface area contributed by atoms with Crippen molar-refractivity contribution in [2.45, 2.75) is 6.42 Å². The number of carbonyl (C=O) groups is 1. The third kappa shape index (κ3) is 4.16. The van der Waals surface area contributed by atoms with Crippen molar-refractivity contribution in [1.29, 1.82) is 0 Å². The normalized spacial score (nSPS) is 10.5. The summed E-state index contributed by atoms with van der Waals surface area (Å²) >= 11 is 18.1. The second-order valence-electron chi connectivity index (χ2n) is 5.50. The average molecular weight is 391 g/mol. The molecule has 0 unspecified atom stereocenters. The zero-order valence-electron chi connectivity index (χ0n) is 13.1. The highest BCUT2D eigenvalue weighted by Gasteiger charge is 2.15. The molecule has 0 radical (unpaired) electrons. The maximum atomic E-state index is 12.7. The minimum atomic E-state index is -0.244. The van der Waals surface area contributed by atoms with Crippen LogP contribution in [0, 0.1) is 0 Å². The summed E-state index contributed by atoms with van der Waals surface area (Å²) in [6, 6.07) is 20.7. The fourth-order valence-electron chi connectivity index (χ4n) is 2.52. The Bertz CT molecular complexity index is 910. The van der Waals surface area contributed by atoms with E-state index in [4.69, 9.17) is 34.8 Å². The highest BCUT2D eigenvalue weighted by molar-refractivity contribution is 6.49. The molecule has 0 heterocycles. The third-order valence-electron chi connectivity index (χ3n) is 3.78. The lowest BCUT2D eigenvalue weighted by Crippen LogP contribution is -2.14. The van der Waals surface area contributed by atoms with E-state index in [1.165, 1.54) is 0 Å². The Morgan fingerprint density at radius 2 is 1.48 bits per heavy atom. The number of halogens is 3. The van der Waals surface area contributed by atoms with E-state index in [-0.39, 0.29) is 16.0 Å². The molecule has 3 rings (SSSR count). The Balaban J connectivity index is 1.87. The first-order chi connectivity index (χ1) is 12.1. The van der Waals surface area contributed by atoms with Gasteiger partial charge in [0.15, 0.2) is 0 Å². The molecule has 0 aromatic heterocycles. The lowest BCUT2D eigenvalue weighted by molar-refractivity contribution is 0.102. The summed E-state index contributed by atoms with van der Waals surface area (Å²) in [6.07, 6.45) is 0.666. The summed E-state index contributed by atoms with van der Waals surface area (Å²) in [5.41, 5.74) is 3.08. The molecule has 25 heavy (non-hydrogen) atoms. The van der Waals surface area contributed by atoms with Crippen molar-refractivity contribution >= 4 is 46.4 Å². The van der Waals surface area contributed by atoms with Gasteiger partial charge in [-0.15, -0.1) is 0 Å². The molecular weight excluding hydrogens is 377 g/mol. The SMILES string of the molecule is O=C(Nc1ccc(Cl)c(Cl)c1Cl)c1ccccc1Cc1ccccc1. The smallest absolute Gasteiger partial charge is 0.255 e. The summed E-state index contributed by atoms with van der Waals surface area (Å²) in [5.74, 6) is -0.244. The highest BCUT2D eigenvalue weighted by atomic mass is 35.5. The number of hydrogen-bond donors (Lipinski definition) is 1. The van der Waals surface area contributed by atoms with Gasteiger partial charge in [-0.25, -0.2) is 0 Å². The predicted octanol–water partition coefficient (Wildman–Crippen LogP) is 6.49. The van der Waals surface area contributed by atoms with Crippen LogP contribution in [0.2, 0.25) is 15.1 Å². The second kappa shape index (κ2) is 7.92. The Hall–Kier alpha value is -2.00. The molecule has 0 aliphatic carbocycles. The maximum absolute atomic E-state index is 12.7. The van der Waals surface area contributed by atoms with Crippen LogP contribution in [0.4, 0.5) is 5.69 Å². The van der Waals surface area contributed by atoms with E-state index in [0.29, 0.717) is 22.7 Å². The number of hydrogen-bond acceptors (Lipinski definition) is 1. The summed E-state index contributed by atoms with van der Waals surface area (Å²) < 4.78 is 0. The molecule has 5 heteroatoms. The van der Waals surface area contributed by atoms with Crippen molar-refractivity contribution in [2.24, 2.45) is 0 Å². The van der Waals surface area contributed by atoms with Gasteiger partial charge in [0.1, 0.15) is 0 Å². The zero-order valence-corrected chi connectivity index (χ0v) is 15.4. The summed E-state index contributed by atoms with van der Waals surface area (Å²) in [6.45, 7) is 0. The number of benzene rings is 3. The first-order valence-corrected chi connectivity index (χ1v) is 8.76. The van der Waals surface area contributed by atoms with Gasteiger partial charge in [-0.3, -0.25) is 4.79 Å². The van der Waals surface area contributed by atoms with Gasteiger partial charge in [0, 0.05) is 5.56 Å². The van der Waals surface area contributed by atoms with Crippen molar-refractivity contribution in [3.63, 3.8) is 0 Å². The van der Waals surface area contributed by atoms with Crippen LogP contribution in [-0.2, 0) is 6.42 Å². The lowest BCUT2D eigenvalue weighted by atomic mass is 9.99. The van der Waals surface area contributed by atoms with E-state index >= 15 is 0 Å². The largest absolute Gasteiger partial charge is 0.321 e. The topological polar surface area (TPSA) is 29.1 Å². The summed E-state index contributed by atoms with van der Waals surface area (Å²) in [7, 11) is 0. The highest BCUT2D eigenvalue weighted by Crippen LogP contribution is 2.35. The van der Waals surface area contributed by atoms with Crippen molar-refractivity contribution in [2.75, 3.05) is 5.32 Å². The number of amides is 1. The number of rotatable bonds is 4. The Morgan fingerprint density at radius 1 is 0.800 bits per heavy atom. The fourth-order valence-corrected chi connectivity index (χ4v) is 3.11. The van der Waals surface area contributed by atoms with E-state index < -0.39 is 0 Å². The van der Waals surface area contributed by atoms with Crippen LogP contribution in [0.1, 0.15) is 21.5 Å². The first-order valence-electron chi connectivity index (χ1n) is 7.63. The maximum Gasteiger partial charge on any atom is 0.255 e. The van der Waals surface area contributed by atoms with E-state index in [1.54, 1.807) is 18.2 Å². The molecule has 0 aliphatic heterocycles. The molecule has 0 fully saturated rings.